The molecule has 0 radical (unpaired) electrons. The number of aryl methyl sites for hydroxylation is 1. The molecule has 0 spiro atoms. The number of nitrogens with zero attached hydrogens (tertiary/aromatic N) is 2. The van der Waals surface area contributed by atoms with E-state index in [4.69, 9.17) is 0 Å². The van der Waals surface area contributed by atoms with E-state index in [0.717, 1.165) is 21.1 Å². The van der Waals surface area contributed by atoms with E-state index in [0.29, 0.717) is 13.1 Å². The van der Waals surface area contributed by atoms with Gasteiger partial charge < -0.3 is 5.32 Å². The predicted octanol–water partition coefficient (Wildman–Crippen LogP) is 3.81. The molecule has 6 heteroatoms. The molecule has 1 amide bonds. The number of rotatable bonds is 6. The molecule has 0 unspecified atom stereocenters. The Bertz CT molecular complexity index is 786. The fourth-order valence-corrected chi connectivity index (χ4v) is 3.47. The van der Waals surface area contributed by atoms with Gasteiger partial charge in [-0.05, 0) is 42.0 Å². The second-order valence-corrected chi connectivity index (χ2v) is 6.94. The zero-order valence-corrected chi connectivity index (χ0v) is 14.4. The molecule has 0 aliphatic rings. The number of nitrogens with one attached hydrogen (secondary N) is 1. The van der Waals surface area contributed by atoms with Gasteiger partial charge in [0.05, 0.1) is 11.4 Å². The predicted molar refractivity (Wildman–Crippen MR) is 96.6 cm³/mol. The van der Waals surface area contributed by atoms with Crippen LogP contribution < -0.4 is 5.32 Å². The molecule has 4 nitrogen and oxygen atoms in total. The van der Waals surface area contributed by atoms with Crippen molar-refractivity contribution in [1.29, 1.82) is 0 Å². The Morgan fingerprint density at radius 1 is 1.30 bits per heavy atom. The summed E-state index contributed by atoms with van der Waals surface area (Å²) in [6, 6.07) is 10.1. The molecule has 3 heterocycles. The van der Waals surface area contributed by atoms with E-state index in [1.54, 1.807) is 28.7 Å². The summed E-state index contributed by atoms with van der Waals surface area (Å²) < 4.78 is 1.93. The molecule has 0 atom stereocenters. The van der Waals surface area contributed by atoms with Crippen molar-refractivity contribution >= 4 is 34.7 Å². The Labute approximate surface area is 143 Å². The quantitative estimate of drug-likeness (QED) is 0.692. The number of aromatic nitrogens is 2. The minimum absolute atomic E-state index is 0.0818. The maximum Gasteiger partial charge on any atom is 0.244 e. The Morgan fingerprint density at radius 3 is 2.87 bits per heavy atom. The van der Waals surface area contributed by atoms with Gasteiger partial charge in [0.25, 0.3) is 0 Å². The summed E-state index contributed by atoms with van der Waals surface area (Å²) in [7, 11) is 0. The molecule has 3 aromatic rings. The van der Waals surface area contributed by atoms with Crippen LogP contribution in [0.4, 0.5) is 0 Å². The normalized spacial score (nSPS) is 11.2. The average molecular weight is 343 g/mol. The first kappa shape index (κ1) is 15.7. The van der Waals surface area contributed by atoms with Gasteiger partial charge in [0, 0.05) is 23.2 Å². The third kappa shape index (κ3) is 4.18. The molecule has 0 fully saturated rings. The Hall–Kier alpha value is -2.18. The Balaban J connectivity index is 1.52. The van der Waals surface area contributed by atoms with Gasteiger partial charge in [-0.25, -0.2) is 0 Å². The SMILES string of the molecule is Cc1cc(-c2cccs2)nn1CCNC(=O)/C=C/c1cccs1. The van der Waals surface area contributed by atoms with Gasteiger partial charge >= 0.3 is 0 Å². The summed E-state index contributed by atoms with van der Waals surface area (Å²) in [5, 5.41) is 11.5. The average Bonchev–Trinajstić information content (AvgIpc) is 3.28. The topological polar surface area (TPSA) is 46.9 Å². The lowest BCUT2D eigenvalue weighted by molar-refractivity contribution is -0.116. The summed E-state index contributed by atoms with van der Waals surface area (Å²) in [5.41, 5.74) is 2.08. The molecule has 0 bridgehead atoms. The molecule has 0 saturated heterocycles. The Kier molecular flexibility index (Phi) is 5.05. The summed E-state index contributed by atoms with van der Waals surface area (Å²) in [6.45, 7) is 3.25. The maximum absolute atomic E-state index is 11.8. The minimum atomic E-state index is -0.0818. The van der Waals surface area contributed by atoms with Gasteiger partial charge in [-0.1, -0.05) is 12.1 Å². The van der Waals surface area contributed by atoms with Crippen molar-refractivity contribution in [3.8, 4) is 10.6 Å². The van der Waals surface area contributed by atoms with Gasteiger partial charge in [-0.2, -0.15) is 5.10 Å². The molecule has 3 aromatic heterocycles. The van der Waals surface area contributed by atoms with Gasteiger partial charge in [0.1, 0.15) is 5.69 Å². The lowest BCUT2D eigenvalue weighted by atomic mass is 10.3. The number of carbonyl (C=O) groups excluding carboxylic acids is 1. The van der Waals surface area contributed by atoms with Crippen molar-refractivity contribution in [2.45, 2.75) is 13.5 Å². The first-order chi connectivity index (χ1) is 11.2. The van der Waals surface area contributed by atoms with E-state index in [9.17, 15) is 4.79 Å². The molecular formula is C17H17N3OS2. The second-order valence-electron chi connectivity index (χ2n) is 5.01. The molecular weight excluding hydrogens is 326 g/mol. The van der Waals surface area contributed by atoms with E-state index < -0.39 is 0 Å². The summed E-state index contributed by atoms with van der Waals surface area (Å²) >= 11 is 3.29. The molecule has 3 rings (SSSR count). The van der Waals surface area contributed by atoms with Crippen molar-refractivity contribution < 1.29 is 4.79 Å². The fraction of sp³-hybridized carbons (Fsp3) is 0.176. The number of amides is 1. The lowest BCUT2D eigenvalue weighted by Crippen LogP contribution is -2.26. The monoisotopic (exact) mass is 343 g/mol. The third-order valence-electron chi connectivity index (χ3n) is 3.32. The zero-order chi connectivity index (χ0) is 16.1. The maximum atomic E-state index is 11.8. The molecule has 0 aromatic carbocycles. The molecule has 118 valence electrons. The van der Waals surface area contributed by atoms with Crippen molar-refractivity contribution in [3.63, 3.8) is 0 Å². The smallest absolute Gasteiger partial charge is 0.244 e. The van der Waals surface area contributed by atoms with Crippen LogP contribution in [-0.4, -0.2) is 22.2 Å². The van der Waals surface area contributed by atoms with Crippen molar-refractivity contribution in [3.05, 3.63) is 57.7 Å². The first-order valence-electron chi connectivity index (χ1n) is 7.30. The van der Waals surface area contributed by atoms with E-state index >= 15 is 0 Å². The van der Waals surface area contributed by atoms with Crippen LogP contribution in [0.5, 0.6) is 0 Å². The second kappa shape index (κ2) is 7.39. The van der Waals surface area contributed by atoms with E-state index in [1.165, 1.54) is 0 Å². The van der Waals surface area contributed by atoms with Crippen LogP contribution in [0.15, 0.2) is 47.2 Å². The van der Waals surface area contributed by atoms with Crippen molar-refractivity contribution in [1.82, 2.24) is 15.1 Å². The molecule has 0 saturated carbocycles. The van der Waals surface area contributed by atoms with E-state index in [-0.39, 0.29) is 5.91 Å². The van der Waals surface area contributed by atoms with Gasteiger partial charge in [-0.15, -0.1) is 22.7 Å². The first-order valence-corrected chi connectivity index (χ1v) is 9.06. The molecule has 0 aliphatic carbocycles. The standard InChI is InChI=1S/C17H17N3OS2/c1-13-12-15(16-5-3-11-23-16)19-20(13)9-8-18-17(21)7-6-14-4-2-10-22-14/h2-7,10-12H,8-9H2,1H3,(H,18,21)/b7-6+. The third-order valence-corrected chi connectivity index (χ3v) is 5.05. The number of carbonyl (C=O) groups is 1. The molecule has 23 heavy (non-hydrogen) atoms. The number of hydrogen-bond donors (Lipinski definition) is 1. The van der Waals surface area contributed by atoms with Crippen LogP contribution in [0.1, 0.15) is 10.6 Å². The van der Waals surface area contributed by atoms with Crippen LogP contribution in [0.3, 0.4) is 0 Å². The summed E-state index contributed by atoms with van der Waals surface area (Å²) in [5.74, 6) is -0.0818. The zero-order valence-electron chi connectivity index (χ0n) is 12.7. The van der Waals surface area contributed by atoms with Crippen LogP contribution >= 0.6 is 22.7 Å². The van der Waals surface area contributed by atoms with Crippen molar-refractivity contribution in [2.24, 2.45) is 0 Å². The fourth-order valence-electron chi connectivity index (χ4n) is 2.17. The Morgan fingerprint density at radius 2 is 2.13 bits per heavy atom. The highest BCUT2D eigenvalue weighted by Crippen LogP contribution is 2.23. The van der Waals surface area contributed by atoms with Crippen LogP contribution in [0.2, 0.25) is 0 Å². The highest BCUT2D eigenvalue weighted by atomic mass is 32.1. The molecule has 0 aliphatic heterocycles. The minimum Gasteiger partial charge on any atom is -0.351 e. The summed E-state index contributed by atoms with van der Waals surface area (Å²) in [4.78, 5) is 14.0. The van der Waals surface area contributed by atoms with Gasteiger partial charge in [0.15, 0.2) is 0 Å². The highest BCUT2D eigenvalue weighted by molar-refractivity contribution is 7.13. The van der Waals surface area contributed by atoms with Crippen LogP contribution in [0, 0.1) is 6.92 Å². The van der Waals surface area contributed by atoms with Crippen molar-refractivity contribution in [2.75, 3.05) is 6.54 Å². The lowest BCUT2D eigenvalue weighted by Gasteiger charge is -2.04. The van der Waals surface area contributed by atoms with Gasteiger partial charge in [0.2, 0.25) is 5.91 Å². The van der Waals surface area contributed by atoms with Crippen LogP contribution in [0.25, 0.3) is 16.6 Å². The number of thiophene rings is 2. The van der Waals surface area contributed by atoms with E-state index in [1.807, 2.05) is 46.6 Å². The van der Waals surface area contributed by atoms with E-state index in [2.05, 4.69) is 22.5 Å². The largest absolute Gasteiger partial charge is 0.351 e. The highest BCUT2D eigenvalue weighted by Gasteiger charge is 2.07. The van der Waals surface area contributed by atoms with Crippen LogP contribution in [-0.2, 0) is 11.3 Å². The number of hydrogen-bond acceptors (Lipinski definition) is 4. The summed E-state index contributed by atoms with van der Waals surface area (Å²) in [6.07, 6.45) is 3.40. The van der Waals surface area contributed by atoms with Gasteiger partial charge in [-0.3, -0.25) is 9.48 Å². The molecule has 1 N–H and O–H groups in total.